The molecule has 7 rings (SSSR count). The van der Waals surface area contributed by atoms with E-state index >= 15 is 0 Å². The zero-order valence-electron chi connectivity index (χ0n) is 26.0. The number of nitrogens with zero attached hydrogens (tertiary/aromatic N) is 4. The van der Waals surface area contributed by atoms with Crippen LogP contribution in [0.1, 0.15) is 12.8 Å². The van der Waals surface area contributed by atoms with Gasteiger partial charge >= 0.3 is 6.01 Å². The molecule has 3 aliphatic rings. The Labute approximate surface area is 276 Å². The first-order valence-electron chi connectivity index (χ1n) is 15.3. The number of aromatic nitrogens is 3. The van der Waals surface area contributed by atoms with Gasteiger partial charge in [0.2, 0.25) is 0 Å². The summed E-state index contributed by atoms with van der Waals surface area (Å²) < 4.78 is 43.0. The van der Waals surface area contributed by atoms with Crippen molar-refractivity contribution in [2.75, 3.05) is 44.3 Å². The average Bonchev–Trinajstić information content (AvgIpc) is 3.64. The molecule has 1 saturated carbocycles. The monoisotopic (exact) mass is 685 g/mol. The lowest BCUT2D eigenvalue weighted by molar-refractivity contribution is 0.00344. The number of rotatable bonds is 11. The minimum absolute atomic E-state index is 0.205. The number of hydrogen-bond acceptors (Lipinski definition) is 9. The van der Waals surface area contributed by atoms with Gasteiger partial charge in [-0.25, -0.2) is 9.19 Å². The number of aliphatic hydroxyl groups excluding tert-OH is 1. The molecule has 0 spiro atoms. The topological polar surface area (TPSA) is 117 Å². The summed E-state index contributed by atoms with van der Waals surface area (Å²) >= 11 is 6.79. The predicted molar refractivity (Wildman–Crippen MR) is 183 cm³/mol. The largest absolute Gasteiger partial charge is 0.456 e. The molecule has 13 heteroatoms. The lowest BCUT2D eigenvalue weighted by Crippen LogP contribution is -2.35. The van der Waals surface area contributed by atoms with Crippen molar-refractivity contribution in [3.8, 4) is 28.4 Å². The van der Waals surface area contributed by atoms with Gasteiger partial charge in [0.1, 0.15) is 36.3 Å². The molecule has 2 aromatic carbocycles. The second-order valence-corrected chi connectivity index (χ2v) is 17.7. The Morgan fingerprint density at radius 3 is 2.39 bits per heavy atom. The molecule has 0 radical (unpaired) electrons. The minimum atomic E-state index is -2.18. The first-order valence-corrected chi connectivity index (χ1v) is 19.9. The van der Waals surface area contributed by atoms with Crippen LogP contribution >= 0.6 is 11.6 Å². The molecular formula is C33H38ClN4O6S2+. The van der Waals surface area contributed by atoms with E-state index in [4.69, 9.17) is 40.5 Å². The van der Waals surface area contributed by atoms with Gasteiger partial charge in [0, 0.05) is 17.1 Å². The van der Waals surface area contributed by atoms with Gasteiger partial charge in [0.05, 0.1) is 58.5 Å². The molecule has 4 aromatic rings. The van der Waals surface area contributed by atoms with E-state index in [9.17, 15) is 9.32 Å². The van der Waals surface area contributed by atoms with Gasteiger partial charge < -0.3 is 24.1 Å². The summed E-state index contributed by atoms with van der Waals surface area (Å²) in [5.74, 6) is 0.947. The molecule has 2 saturated heterocycles. The molecule has 0 amide bonds. The van der Waals surface area contributed by atoms with Gasteiger partial charge in [-0.3, -0.25) is 4.57 Å². The van der Waals surface area contributed by atoms with Crippen molar-refractivity contribution in [3.63, 3.8) is 0 Å². The van der Waals surface area contributed by atoms with Crippen molar-refractivity contribution >= 4 is 49.1 Å². The Hall–Kier alpha value is -2.71. The highest BCUT2D eigenvalue weighted by molar-refractivity contribution is 7.95. The van der Waals surface area contributed by atoms with Crippen LogP contribution in [0.2, 0.25) is 5.02 Å². The average molecular weight is 686 g/mol. The molecule has 0 bridgehead atoms. The van der Waals surface area contributed by atoms with E-state index in [1.165, 1.54) is 0 Å². The van der Waals surface area contributed by atoms with E-state index in [1.54, 1.807) is 12.3 Å². The molecule has 10 nitrogen and oxygen atoms in total. The molecule has 3 fully saturated rings. The number of pyridine rings is 1. The van der Waals surface area contributed by atoms with Gasteiger partial charge in [-0.1, -0.05) is 48.0 Å². The third-order valence-corrected chi connectivity index (χ3v) is 12.1. The van der Waals surface area contributed by atoms with Crippen LogP contribution in [0.3, 0.4) is 0 Å². The van der Waals surface area contributed by atoms with Crippen LogP contribution in [0.15, 0.2) is 59.0 Å². The maximum absolute atomic E-state index is 12.8. The smallest absolute Gasteiger partial charge is 0.301 e. The second kappa shape index (κ2) is 13.1. The van der Waals surface area contributed by atoms with Crippen LogP contribution in [-0.2, 0) is 41.6 Å². The number of ether oxygens (including phenoxy) is 4. The van der Waals surface area contributed by atoms with E-state index in [0.717, 1.165) is 41.0 Å². The molecular weight excluding hydrogens is 648 g/mol. The zero-order chi connectivity index (χ0) is 32.0. The number of halogens is 1. The first kappa shape index (κ1) is 31.9. The highest BCUT2D eigenvalue weighted by Crippen LogP contribution is 2.35. The molecule has 1 aliphatic carbocycles. The fraction of sp³-hybridized carbons (Fsp3) is 0.455. The number of fused-ring (bicyclic) bond motifs is 2. The zero-order valence-corrected chi connectivity index (χ0v) is 28.4. The quantitative estimate of drug-likeness (QED) is 0.172. The van der Waals surface area contributed by atoms with Crippen LogP contribution < -0.4 is 4.74 Å². The molecule has 4 heterocycles. The van der Waals surface area contributed by atoms with Crippen LogP contribution in [0.25, 0.3) is 33.5 Å². The summed E-state index contributed by atoms with van der Waals surface area (Å²) in [7, 11) is -1.93. The summed E-state index contributed by atoms with van der Waals surface area (Å²) in [6, 6.07) is 18.0. The predicted octanol–water partition coefficient (Wildman–Crippen LogP) is 5.07. The number of benzene rings is 2. The van der Waals surface area contributed by atoms with Crippen LogP contribution in [-0.4, -0.2) is 97.9 Å². The van der Waals surface area contributed by atoms with Gasteiger partial charge in [-0.2, -0.15) is 9.35 Å². The third-order valence-electron chi connectivity index (χ3n) is 8.52. The Balaban J connectivity index is 1.15. The molecule has 2 aromatic heterocycles. The first-order chi connectivity index (χ1) is 22.2. The molecule has 5 atom stereocenters. The van der Waals surface area contributed by atoms with E-state index in [-0.39, 0.29) is 42.2 Å². The number of hydrogen-bond donors (Lipinski definition) is 1. The maximum Gasteiger partial charge on any atom is 0.301 e. The fourth-order valence-electron chi connectivity index (χ4n) is 5.80. The van der Waals surface area contributed by atoms with E-state index in [0.29, 0.717) is 34.5 Å². The van der Waals surface area contributed by atoms with Gasteiger partial charge in [0.25, 0.3) is 0 Å². The van der Waals surface area contributed by atoms with E-state index in [2.05, 4.69) is 16.9 Å². The summed E-state index contributed by atoms with van der Waals surface area (Å²) in [5.41, 5.74) is 5.46. The van der Waals surface area contributed by atoms with Crippen LogP contribution in [0.4, 0.5) is 5.69 Å². The lowest BCUT2D eigenvalue weighted by atomic mass is 10.0. The normalized spacial score (nSPS) is 24.0. The third kappa shape index (κ3) is 6.66. The molecule has 2 aliphatic heterocycles. The highest BCUT2D eigenvalue weighted by Gasteiger charge is 2.49. The highest BCUT2D eigenvalue weighted by atomic mass is 35.5. The summed E-state index contributed by atoms with van der Waals surface area (Å²) in [6.07, 6.45) is 6.23. The standard InChI is InChI=1S/C33H38ClN4O6S2/c1-45(2)15-14-41-19-38-32-26(35-33(38)44-28-18-43-30-27(39)17-42-31(28)30)16-25(34)29(36-32)22-6-4-20(5-7-22)21-8-10-23(11-9-21)37-46(3,40)24-12-13-24/h4-11,16,24,27-28,30-31,39H,12-15,17-19H2,1-3H3/q+1/t27-,28-,30-,31-,46?/m1/s1. The Morgan fingerprint density at radius 1 is 1.02 bits per heavy atom. The Morgan fingerprint density at radius 2 is 1.70 bits per heavy atom. The second-order valence-electron chi connectivity index (χ2n) is 12.3. The maximum atomic E-state index is 12.8. The summed E-state index contributed by atoms with van der Waals surface area (Å²) in [4.78, 5) is 9.70. The van der Waals surface area contributed by atoms with Crippen molar-refractivity contribution in [2.45, 2.75) is 49.2 Å². The van der Waals surface area contributed by atoms with Crippen molar-refractivity contribution in [1.82, 2.24) is 14.5 Å². The molecule has 46 heavy (non-hydrogen) atoms. The van der Waals surface area contributed by atoms with E-state index in [1.807, 2.05) is 53.1 Å². The van der Waals surface area contributed by atoms with Crippen molar-refractivity contribution in [2.24, 2.45) is 4.36 Å². The minimum Gasteiger partial charge on any atom is -0.456 e. The Bertz CT molecular complexity index is 1840. The molecule has 1 N–H and O–H groups in total. The van der Waals surface area contributed by atoms with Crippen LogP contribution in [0.5, 0.6) is 6.01 Å². The van der Waals surface area contributed by atoms with Gasteiger partial charge in [0.15, 0.2) is 11.8 Å². The summed E-state index contributed by atoms with van der Waals surface area (Å²) in [5, 5.41) is 10.9. The van der Waals surface area contributed by atoms with E-state index < -0.39 is 28.0 Å². The van der Waals surface area contributed by atoms with Gasteiger partial charge in [-0.05, 0) is 53.1 Å². The lowest BCUT2D eigenvalue weighted by Gasteiger charge is -2.18. The SMILES string of the molecule is C[S+](C)CCOCn1c(O[C@@H]2CO[C@H]3[C@@H]2OC[C@H]3O)nc2cc(Cl)c(-c3ccc(-c4ccc(N=S(C)(=O)C5CC5)cc4)cc3)nc21. The number of imidazole rings is 1. The fourth-order valence-corrected chi connectivity index (χ4v) is 8.21. The van der Waals surface area contributed by atoms with Crippen molar-refractivity contribution < 1.29 is 28.3 Å². The van der Waals surface area contributed by atoms with Crippen LogP contribution in [0, 0.1) is 0 Å². The Kier molecular flexibility index (Phi) is 9.05. The van der Waals surface area contributed by atoms with Gasteiger partial charge in [-0.15, -0.1) is 0 Å². The molecule has 1 unspecified atom stereocenters. The molecule has 244 valence electrons. The number of aliphatic hydroxyl groups is 1. The van der Waals surface area contributed by atoms with Crippen molar-refractivity contribution in [1.29, 1.82) is 0 Å². The van der Waals surface area contributed by atoms with Crippen molar-refractivity contribution in [3.05, 3.63) is 59.6 Å². The summed E-state index contributed by atoms with van der Waals surface area (Å²) in [6.45, 7) is 1.30.